The van der Waals surface area contributed by atoms with E-state index in [9.17, 15) is 9.59 Å². The van der Waals surface area contributed by atoms with Gasteiger partial charge in [0.05, 0.1) is 30.5 Å². The van der Waals surface area contributed by atoms with E-state index in [4.69, 9.17) is 0 Å². The molecule has 0 radical (unpaired) electrons. The van der Waals surface area contributed by atoms with Crippen molar-refractivity contribution in [3.8, 4) is 0 Å². The quantitative estimate of drug-likeness (QED) is 0.705. The number of anilines is 2. The molecule has 138 valence electrons. The Morgan fingerprint density at radius 3 is 2.93 bits per heavy atom. The van der Waals surface area contributed by atoms with E-state index in [-0.39, 0.29) is 18.2 Å². The monoisotopic (exact) mass is 382 g/mol. The molecule has 8 nitrogen and oxygen atoms in total. The Labute approximate surface area is 159 Å². The van der Waals surface area contributed by atoms with E-state index in [1.807, 2.05) is 17.5 Å². The normalized spacial score (nSPS) is 13.9. The van der Waals surface area contributed by atoms with Gasteiger partial charge in [-0.15, -0.1) is 11.3 Å². The molecule has 0 bridgehead atoms. The summed E-state index contributed by atoms with van der Waals surface area (Å²) in [4.78, 5) is 34.2. The minimum absolute atomic E-state index is 0.0990. The number of nitrogens with one attached hydrogen (secondary N) is 1. The molecule has 2 amide bonds. The van der Waals surface area contributed by atoms with Gasteiger partial charge in [-0.3, -0.25) is 24.2 Å². The third kappa shape index (κ3) is 4.20. The van der Waals surface area contributed by atoms with Crippen molar-refractivity contribution in [1.82, 2.24) is 19.7 Å². The molecule has 3 aromatic heterocycles. The predicted molar refractivity (Wildman–Crippen MR) is 102 cm³/mol. The number of amides is 2. The molecular weight excluding hydrogens is 364 g/mol. The summed E-state index contributed by atoms with van der Waals surface area (Å²) in [6.07, 6.45) is 8.46. The zero-order chi connectivity index (χ0) is 18.6. The second-order valence-electron chi connectivity index (χ2n) is 6.28. The van der Waals surface area contributed by atoms with Gasteiger partial charge < -0.3 is 5.32 Å². The van der Waals surface area contributed by atoms with Gasteiger partial charge in [-0.2, -0.15) is 5.10 Å². The zero-order valence-electron chi connectivity index (χ0n) is 14.5. The summed E-state index contributed by atoms with van der Waals surface area (Å²) in [6, 6.07) is 3.84. The molecule has 1 saturated heterocycles. The van der Waals surface area contributed by atoms with Crippen LogP contribution in [0.15, 0.2) is 42.3 Å². The molecule has 3 aromatic rings. The number of carbonyl (C=O) groups is 2. The molecule has 1 fully saturated rings. The first kappa shape index (κ1) is 17.3. The number of rotatable bonds is 6. The molecule has 27 heavy (non-hydrogen) atoms. The summed E-state index contributed by atoms with van der Waals surface area (Å²) in [5.74, 6) is -0.0648. The first-order valence-corrected chi connectivity index (χ1v) is 9.51. The van der Waals surface area contributed by atoms with Crippen molar-refractivity contribution in [1.29, 1.82) is 0 Å². The van der Waals surface area contributed by atoms with E-state index >= 15 is 0 Å². The second-order valence-corrected chi connectivity index (χ2v) is 7.11. The molecule has 0 unspecified atom stereocenters. The molecule has 0 spiro atoms. The highest BCUT2D eigenvalue weighted by atomic mass is 32.1. The van der Waals surface area contributed by atoms with Gasteiger partial charge in [0, 0.05) is 36.9 Å². The largest absolute Gasteiger partial charge is 0.323 e. The maximum Gasteiger partial charge on any atom is 0.230 e. The highest BCUT2D eigenvalue weighted by molar-refractivity contribution is 7.14. The predicted octanol–water partition coefficient (Wildman–Crippen LogP) is 2.09. The summed E-state index contributed by atoms with van der Waals surface area (Å²) in [6.45, 7) is 1.31. The number of carbonyl (C=O) groups excluding carboxylic acids is 2. The lowest BCUT2D eigenvalue weighted by Crippen LogP contribution is -2.23. The van der Waals surface area contributed by atoms with Crippen LogP contribution < -0.4 is 10.2 Å². The molecule has 1 N–H and O–H groups in total. The van der Waals surface area contributed by atoms with Crippen LogP contribution in [-0.4, -0.2) is 38.1 Å². The van der Waals surface area contributed by atoms with Crippen LogP contribution in [0.5, 0.6) is 0 Å². The second kappa shape index (κ2) is 7.67. The van der Waals surface area contributed by atoms with Crippen LogP contribution in [0.25, 0.3) is 0 Å². The lowest BCUT2D eigenvalue weighted by atomic mass is 10.3. The fourth-order valence-corrected chi connectivity index (χ4v) is 3.78. The Hall–Kier alpha value is -3.07. The van der Waals surface area contributed by atoms with Gasteiger partial charge >= 0.3 is 0 Å². The summed E-state index contributed by atoms with van der Waals surface area (Å²) in [5.41, 5.74) is 2.38. The number of thiazole rings is 1. The van der Waals surface area contributed by atoms with Crippen molar-refractivity contribution in [2.75, 3.05) is 16.8 Å². The summed E-state index contributed by atoms with van der Waals surface area (Å²) in [5, 5.41) is 9.59. The van der Waals surface area contributed by atoms with Gasteiger partial charge in [0.15, 0.2) is 5.13 Å². The molecule has 0 atom stereocenters. The van der Waals surface area contributed by atoms with E-state index < -0.39 is 0 Å². The van der Waals surface area contributed by atoms with Crippen molar-refractivity contribution in [3.05, 3.63) is 53.6 Å². The van der Waals surface area contributed by atoms with Crippen LogP contribution in [0, 0.1) is 0 Å². The highest BCUT2D eigenvalue weighted by Gasteiger charge is 2.24. The molecule has 0 saturated carbocycles. The topological polar surface area (TPSA) is 93.0 Å². The third-order valence-corrected chi connectivity index (χ3v) is 5.11. The number of aromatic nitrogens is 4. The Balaban J connectivity index is 1.33. The van der Waals surface area contributed by atoms with Crippen molar-refractivity contribution < 1.29 is 9.59 Å². The SMILES string of the molecule is O=C(Cc1csc(N2CCCC2=O)n1)Nc1cnn(Cc2ccncc2)c1. The zero-order valence-corrected chi connectivity index (χ0v) is 15.4. The Morgan fingerprint density at radius 2 is 2.15 bits per heavy atom. The summed E-state index contributed by atoms with van der Waals surface area (Å²) >= 11 is 1.40. The summed E-state index contributed by atoms with van der Waals surface area (Å²) in [7, 11) is 0. The van der Waals surface area contributed by atoms with Crippen LogP contribution in [0.1, 0.15) is 24.1 Å². The standard InChI is InChI=1S/C18H18N6O2S/c25-16(8-14-12-27-18(22-14)24-7-1-2-17(24)26)21-15-9-20-23(11-15)10-13-3-5-19-6-4-13/h3-6,9,11-12H,1-2,7-8,10H2,(H,21,25). The van der Waals surface area contributed by atoms with Gasteiger partial charge in [0.2, 0.25) is 11.8 Å². The third-order valence-electron chi connectivity index (χ3n) is 4.20. The molecule has 0 aliphatic carbocycles. The van der Waals surface area contributed by atoms with Gasteiger partial charge in [0.25, 0.3) is 0 Å². The lowest BCUT2D eigenvalue weighted by molar-refractivity contribution is -0.117. The molecule has 1 aliphatic rings. The number of nitrogens with zero attached hydrogens (tertiary/aromatic N) is 5. The van der Waals surface area contributed by atoms with Crippen LogP contribution in [-0.2, 0) is 22.6 Å². The van der Waals surface area contributed by atoms with Gasteiger partial charge in [0.1, 0.15) is 0 Å². The van der Waals surface area contributed by atoms with Crippen molar-refractivity contribution in [2.24, 2.45) is 0 Å². The molecule has 4 rings (SSSR count). The van der Waals surface area contributed by atoms with E-state index in [0.29, 0.717) is 36.0 Å². The Kier molecular flexibility index (Phi) is 4.93. The maximum absolute atomic E-state index is 12.3. The molecular formula is C18H18N6O2S. The van der Waals surface area contributed by atoms with Gasteiger partial charge in [-0.25, -0.2) is 4.98 Å². The van der Waals surface area contributed by atoms with E-state index in [2.05, 4.69) is 20.4 Å². The Bertz CT molecular complexity index is 952. The number of hydrogen-bond acceptors (Lipinski definition) is 6. The molecule has 4 heterocycles. The smallest absolute Gasteiger partial charge is 0.230 e. The molecule has 9 heteroatoms. The summed E-state index contributed by atoms with van der Waals surface area (Å²) < 4.78 is 1.75. The van der Waals surface area contributed by atoms with Crippen LogP contribution in [0.4, 0.5) is 10.8 Å². The fourth-order valence-electron chi connectivity index (χ4n) is 2.91. The highest BCUT2D eigenvalue weighted by Crippen LogP contribution is 2.25. The molecule has 1 aliphatic heterocycles. The van der Waals surface area contributed by atoms with Gasteiger partial charge in [-0.1, -0.05) is 0 Å². The van der Waals surface area contributed by atoms with Crippen LogP contribution >= 0.6 is 11.3 Å². The first-order valence-electron chi connectivity index (χ1n) is 8.63. The number of hydrogen-bond donors (Lipinski definition) is 1. The van der Waals surface area contributed by atoms with E-state index in [1.54, 1.807) is 34.4 Å². The van der Waals surface area contributed by atoms with Crippen molar-refractivity contribution in [2.45, 2.75) is 25.8 Å². The average Bonchev–Trinajstić information content (AvgIpc) is 3.38. The van der Waals surface area contributed by atoms with E-state index in [1.165, 1.54) is 11.3 Å². The molecule has 0 aromatic carbocycles. The Morgan fingerprint density at radius 1 is 1.30 bits per heavy atom. The maximum atomic E-state index is 12.3. The minimum Gasteiger partial charge on any atom is -0.323 e. The van der Waals surface area contributed by atoms with E-state index in [0.717, 1.165) is 12.0 Å². The van der Waals surface area contributed by atoms with Crippen molar-refractivity contribution in [3.63, 3.8) is 0 Å². The van der Waals surface area contributed by atoms with Crippen molar-refractivity contribution >= 4 is 34.0 Å². The fraction of sp³-hybridized carbons (Fsp3) is 0.278. The minimum atomic E-state index is -0.164. The number of pyridine rings is 1. The van der Waals surface area contributed by atoms with Gasteiger partial charge in [-0.05, 0) is 24.1 Å². The lowest BCUT2D eigenvalue weighted by Gasteiger charge is -2.10. The van der Waals surface area contributed by atoms with Crippen LogP contribution in [0.2, 0.25) is 0 Å². The first-order chi connectivity index (χ1) is 13.2. The van der Waals surface area contributed by atoms with Crippen LogP contribution in [0.3, 0.4) is 0 Å². The average molecular weight is 382 g/mol.